The van der Waals surface area contributed by atoms with E-state index in [9.17, 15) is 0 Å². The summed E-state index contributed by atoms with van der Waals surface area (Å²) >= 11 is 5.86. The number of ether oxygens (including phenoxy) is 5. The van der Waals surface area contributed by atoms with Gasteiger partial charge in [-0.25, -0.2) is 0 Å². The number of benzene rings is 3. The molecule has 3 aromatic rings. The van der Waals surface area contributed by atoms with E-state index in [0.29, 0.717) is 34.7 Å². The summed E-state index contributed by atoms with van der Waals surface area (Å²) in [5.74, 6) is 3.53. The predicted octanol–water partition coefficient (Wildman–Crippen LogP) is 5.10. The van der Waals surface area contributed by atoms with Crippen molar-refractivity contribution in [3.8, 4) is 28.7 Å². The van der Waals surface area contributed by atoms with Gasteiger partial charge < -0.3 is 33.9 Å². The zero-order valence-corrected chi connectivity index (χ0v) is 21.2. The Balaban J connectivity index is 1.64. The molecule has 1 atom stereocenters. The predicted molar refractivity (Wildman–Crippen MR) is 140 cm³/mol. The van der Waals surface area contributed by atoms with Crippen LogP contribution in [-0.2, 0) is 6.42 Å². The molecule has 1 aliphatic rings. The molecule has 3 aromatic carbocycles. The lowest BCUT2D eigenvalue weighted by molar-refractivity contribution is 0.185. The molecule has 0 aromatic heterocycles. The van der Waals surface area contributed by atoms with Crippen LogP contribution in [0, 0.1) is 0 Å². The van der Waals surface area contributed by atoms with Crippen LogP contribution in [0.1, 0.15) is 17.2 Å². The Kier molecular flexibility index (Phi) is 7.82. The van der Waals surface area contributed by atoms with Gasteiger partial charge in [0, 0.05) is 12.2 Å². The lowest BCUT2D eigenvalue weighted by atomic mass is 9.92. The molecule has 1 aliphatic heterocycles. The maximum absolute atomic E-state index is 6.27. The van der Waals surface area contributed by atoms with Gasteiger partial charge in [-0.3, -0.25) is 0 Å². The summed E-state index contributed by atoms with van der Waals surface area (Å²) in [4.78, 5) is 2.16. The second-order valence-electron chi connectivity index (χ2n) is 7.99. The standard InChI is InChI=1S/C27H30N2O5S/c1-30-20-11-9-19(10-12-20)28-27(35)29-14-13-18-15-25(32-3)26(33-4)16-21(18)22(29)17-34-24-8-6-5-7-23(24)31-2/h5-12,15-16,22H,13-14,17H2,1-4H3,(H,28,35)/t22-/m1/s1. The van der Waals surface area contributed by atoms with Gasteiger partial charge in [-0.15, -0.1) is 0 Å². The first-order valence-electron chi connectivity index (χ1n) is 11.3. The Bertz CT molecular complexity index is 1170. The first-order valence-corrected chi connectivity index (χ1v) is 11.7. The number of fused-ring (bicyclic) bond motifs is 1. The third kappa shape index (κ3) is 5.38. The van der Waals surface area contributed by atoms with E-state index < -0.39 is 0 Å². The highest BCUT2D eigenvalue weighted by Crippen LogP contribution is 2.39. The van der Waals surface area contributed by atoms with E-state index in [1.807, 2.05) is 60.7 Å². The van der Waals surface area contributed by atoms with E-state index in [-0.39, 0.29) is 6.04 Å². The molecule has 0 spiro atoms. The van der Waals surface area contributed by atoms with Crippen LogP contribution in [0.5, 0.6) is 28.7 Å². The van der Waals surface area contributed by atoms with Crippen molar-refractivity contribution >= 4 is 23.0 Å². The van der Waals surface area contributed by atoms with E-state index in [0.717, 1.165) is 30.0 Å². The molecule has 35 heavy (non-hydrogen) atoms. The fourth-order valence-corrected chi connectivity index (χ4v) is 4.56. The lowest BCUT2D eigenvalue weighted by Crippen LogP contribution is -2.44. The highest BCUT2D eigenvalue weighted by molar-refractivity contribution is 7.80. The van der Waals surface area contributed by atoms with Crippen LogP contribution in [0.15, 0.2) is 60.7 Å². The van der Waals surface area contributed by atoms with Crippen molar-refractivity contribution in [2.75, 3.05) is 46.9 Å². The van der Waals surface area contributed by atoms with E-state index >= 15 is 0 Å². The van der Waals surface area contributed by atoms with E-state index in [1.165, 1.54) is 5.56 Å². The minimum atomic E-state index is -0.151. The fraction of sp³-hybridized carbons (Fsp3) is 0.296. The summed E-state index contributed by atoms with van der Waals surface area (Å²) < 4.78 is 28.1. The molecular formula is C27H30N2O5S. The van der Waals surface area contributed by atoms with Gasteiger partial charge in [0.25, 0.3) is 0 Å². The third-order valence-electron chi connectivity index (χ3n) is 6.07. The Morgan fingerprint density at radius 3 is 2.17 bits per heavy atom. The van der Waals surface area contributed by atoms with Crippen molar-refractivity contribution in [1.82, 2.24) is 4.90 Å². The Hall–Kier alpha value is -3.65. The van der Waals surface area contributed by atoms with Crippen LogP contribution in [-0.4, -0.2) is 51.6 Å². The number of rotatable bonds is 8. The zero-order valence-electron chi connectivity index (χ0n) is 20.4. The number of nitrogens with one attached hydrogen (secondary N) is 1. The maximum atomic E-state index is 6.27. The van der Waals surface area contributed by atoms with Gasteiger partial charge >= 0.3 is 0 Å². The summed E-state index contributed by atoms with van der Waals surface area (Å²) in [6, 6.07) is 19.2. The molecule has 0 saturated carbocycles. The van der Waals surface area contributed by atoms with Gasteiger partial charge in [0.15, 0.2) is 28.1 Å². The highest BCUT2D eigenvalue weighted by Gasteiger charge is 2.31. The fourth-order valence-electron chi connectivity index (χ4n) is 4.23. The minimum Gasteiger partial charge on any atom is -0.497 e. The smallest absolute Gasteiger partial charge is 0.174 e. The maximum Gasteiger partial charge on any atom is 0.174 e. The van der Waals surface area contributed by atoms with Crippen LogP contribution in [0.4, 0.5) is 5.69 Å². The number of thiocarbonyl (C=S) groups is 1. The van der Waals surface area contributed by atoms with Crippen molar-refractivity contribution in [2.24, 2.45) is 0 Å². The van der Waals surface area contributed by atoms with Gasteiger partial charge in [0.05, 0.1) is 34.5 Å². The molecule has 0 saturated heterocycles. The molecule has 4 rings (SSSR count). The molecule has 1 N–H and O–H groups in total. The molecule has 8 heteroatoms. The van der Waals surface area contributed by atoms with Crippen molar-refractivity contribution < 1.29 is 23.7 Å². The van der Waals surface area contributed by atoms with Gasteiger partial charge in [-0.05, 0) is 78.3 Å². The topological polar surface area (TPSA) is 61.4 Å². The van der Waals surface area contributed by atoms with Crippen molar-refractivity contribution in [1.29, 1.82) is 0 Å². The first kappa shape index (κ1) is 24.5. The number of para-hydroxylation sites is 2. The molecular weight excluding hydrogens is 464 g/mol. The van der Waals surface area contributed by atoms with Crippen LogP contribution in [0.2, 0.25) is 0 Å². The second-order valence-corrected chi connectivity index (χ2v) is 8.37. The lowest BCUT2D eigenvalue weighted by Gasteiger charge is -2.39. The van der Waals surface area contributed by atoms with Crippen LogP contribution < -0.4 is 29.0 Å². The number of methoxy groups -OCH3 is 4. The Morgan fingerprint density at radius 2 is 1.51 bits per heavy atom. The molecule has 0 fully saturated rings. The largest absolute Gasteiger partial charge is 0.497 e. The van der Waals surface area contributed by atoms with Gasteiger partial charge in [0.1, 0.15) is 12.4 Å². The normalized spacial score (nSPS) is 14.5. The second kappa shape index (κ2) is 11.2. The summed E-state index contributed by atoms with van der Waals surface area (Å²) in [6.45, 7) is 1.09. The van der Waals surface area contributed by atoms with E-state index in [1.54, 1.807) is 28.4 Å². The summed E-state index contributed by atoms with van der Waals surface area (Å²) in [6.07, 6.45) is 0.811. The molecule has 0 radical (unpaired) electrons. The quantitative estimate of drug-likeness (QED) is 0.434. The van der Waals surface area contributed by atoms with E-state index in [4.69, 9.17) is 35.9 Å². The van der Waals surface area contributed by atoms with Gasteiger partial charge in [-0.2, -0.15) is 0 Å². The van der Waals surface area contributed by atoms with Crippen LogP contribution >= 0.6 is 12.2 Å². The number of hydrogen-bond donors (Lipinski definition) is 1. The SMILES string of the molecule is COc1ccc(NC(=S)N2CCc3cc(OC)c(OC)cc3[C@H]2COc2ccccc2OC)cc1. The van der Waals surface area contributed by atoms with Gasteiger partial charge in [0.2, 0.25) is 0 Å². The summed E-state index contributed by atoms with van der Waals surface area (Å²) in [5, 5.41) is 3.98. The van der Waals surface area contributed by atoms with Crippen molar-refractivity contribution in [2.45, 2.75) is 12.5 Å². The average molecular weight is 495 g/mol. The molecule has 0 aliphatic carbocycles. The monoisotopic (exact) mass is 494 g/mol. The molecule has 0 amide bonds. The molecule has 0 unspecified atom stereocenters. The van der Waals surface area contributed by atoms with E-state index in [2.05, 4.69) is 10.2 Å². The van der Waals surface area contributed by atoms with Crippen molar-refractivity contribution in [3.05, 3.63) is 71.8 Å². The van der Waals surface area contributed by atoms with Crippen molar-refractivity contribution in [3.63, 3.8) is 0 Å². The highest BCUT2D eigenvalue weighted by atomic mass is 32.1. The molecule has 7 nitrogen and oxygen atoms in total. The number of anilines is 1. The number of nitrogens with zero attached hydrogens (tertiary/aromatic N) is 1. The minimum absolute atomic E-state index is 0.151. The van der Waals surface area contributed by atoms with Crippen LogP contribution in [0.3, 0.4) is 0 Å². The zero-order chi connectivity index (χ0) is 24.8. The molecule has 184 valence electrons. The Morgan fingerprint density at radius 1 is 0.857 bits per heavy atom. The Labute approximate surface area is 211 Å². The summed E-state index contributed by atoms with van der Waals surface area (Å²) in [7, 11) is 6.57. The van der Waals surface area contributed by atoms with Crippen LogP contribution in [0.25, 0.3) is 0 Å². The first-order chi connectivity index (χ1) is 17.1. The molecule has 1 heterocycles. The number of hydrogen-bond acceptors (Lipinski definition) is 6. The van der Waals surface area contributed by atoms with Gasteiger partial charge in [-0.1, -0.05) is 12.1 Å². The molecule has 0 bridgehead atoms. The summed E-state index contributed by atoms with van der Waals surface area (Å²) in [5.41, 5.74) is 3.15. The third-order valence-corrected chi connectivity index (χ3v) is 6.41. The average Bonchev–Trinajstić information content (AvgIpc) is 2.91.